The average molecular weight is 296 g/mol. The van der Waals surface area contributed by atoms with E-state index in [4.69, 9.17) is 5.11 Å². The van der Waals surface area contributed by atoms with E-state index in [-0.39, 0.29) is 16.7 Å². The summed E-state index contributed by atoms with van der Waals surface area (Å²) in [7, 11) is 0. The monoisotopic (exact) mass is 296 g/mol. The van der Waals surface area contributed by atoms with Gasteiger partial charge < -0.3 is 15.5 Å². The summed E-state index contributed by atoms with van der Waals surface area (Å²) in [5.41, 5.74) is 0.348. The van der Waals surface area contributed by atoms with Crippen LogP contribution in [0.25, 0.3) is 0 Å². The Morgan fingerprint density at radius 2 is 2.00 bits per heavy atom. The zero-order valence-corrected chi connectivity index (χ0v) is 11.1. The lowest BCUT2D eigenvalue weighted by Gasteiger charge is -2.23. The van der Waals surface area contributed by atoms with Crippen LogP contribution in [-0.4, -0.2) is 45.7 Å². The third kappa shape index (κ3) is 3.21. The van der Waals surface area contributed by atoms with E-state index in [1.807, 2.05) is 0 Å². The molecule has 0 bridgehead atoms. The molecule has 3 N–H and O–H groups in total. The highest BCUT2D eigenvalue weighted by atomic mass is 32.2. The van der Waals surface area contributed by atoms with Gasteiger partial charge in [0.2, 0.25) is 0 Å². The zero-order chi connectivity index (χ0) is 14.7. The van der Waals surface area contributed by atoms with E-state index in [1.54, 1.807) is 0 Å². The SMILES string of the molecule is O=C(O)CN(C(=O)C1CSC(=O)N1)c1ccc(O)cc1. The van der Waals surface area contributed by atoms with Crippen molar-refractivity contribution in [1.82, 2.24) is 5.32 Å². The molecule has 1 unspecified atom stereocenters. The maximum Gasteiger partial charge on any atom is 0.323 e. The maximum atomic E-state index is 12.3. The summed E-state index contributed by atoms with van der Waals surface area (Å²) in [6.07, 6.45) is 0. The van der Waals surface area contributed by atoms with E-state index in [9.17, 15) is 19.5 Å². The van der Waals surface area contributed by atoms with Crippen LogP contribution in [0.1, 0.15) is 0 Å². The summed E-state index contributed by atoms with van der Waals surface area (Å²) >= 11 is 0.983. The van der Waals surface area contributed by atoms with E-state index in [0.29, 0.717) is 5.69 Å². The molecule has 1 heterocycles. The van der Waals surface area contributed by atoms with Gasteiger partial charge in [-0.25, -0.2) is 0 Å². The first-order valence-electron chi connectivity index (χ1n) is 5.73. The summed E-state index contributed by atoms with van der Waals surface area (Å²) < 4.78 is 0. The normalized spacial score (nSPS) is 17.6. The third-order valence-electron chi connectivity index (χ3n) is 2.69. The average Bonchev–Trinajstić information content (AvgIpc) is 2.83. The van der Waals surface area contributed by atoms with Crippen LogP contribution in [0, 0.1) is 0 Å². The number of nitrogens with zero attached hydrogens (tertiary/aromatic N) is 1. The minimum Gasteiger partial charge on any atom is -0.508 e. The van der Waals surface area contributed by atoms with Gasteiger partial charge in [-0.3, -0.25) is 19.3 Å². The second-order valence-corrected chi connectivity index (χ2v) is 5.12. The Morgan fingerprint density at radius 3 is 2.50 bits per heavy atom. The lowest BCUT2D eigenvalue weighted by molar-refractivity contribution is -0.136. The van der Waals surface area contributed by atoms with Gasteiger partial charge in [0.05, 0.1) is 0 Å². The molecule has 1 aromatic rings. The molecule has 1 aliphatic heterocycles. The molecular weight excluding hydrogens is 284 g/mol. The zero-order valence-electron chi connectivity index (χ0n) is 10.3. The topological polar surface area (TPSA) is 107 Å². The van der Waals surface area contributed by atoms with Crippen LogP contribution in [0.4, 0.5) is 10.5 Å². The van der Waals surface area contributed by atoms with Gasteiger partial charge in [-0.05, 0) is 24.3 Å². The predicted molar refractivity (Wildman–Crippen MR) is 72.9 cm³/mol. The minimum absolute atomic E-state index is 0.0150. The van der Waals surface area contributed by atoms with E-state index in [1.165, 1.54) is 24.3 Å². The molecule has 1 saturated heterocycles. The number of anilines is 1. The number of aliphatic carboxylic acids is 1. The molecule has 1 atom stereocenters. The predicted octanol–water partition coefficient (Wildman–Crippen LogP) is 0.635. The number of thioether (sulfide) groups is 1. The highest BCUT2D eigenvalue weighted by Crippen LogP contribution is 2.21. The number of nitrogens with one attached hydrogen (secondary N) is 1. The van der Waals surface area contributed by atoms with Gasteiger partial charge in [0.25, 0.3) is 11.1 Å². The van der Waals surface area contributed by atoms with E-state index >= 15 is 0 Å². The Kier molecular flexibility index (Phi) is 4.14. The molecule has 20 heavy (non-hydrogen) atoms. The van der Waals surface area contributed by atoms with Crippen molar-refractivity contribution < 1.29 is 24.6 Å². The smallest absolute Gasteiger partial charge is 0.323 e. The quantitative estimate of drug-likeness (QED) is 0.752. The first kappa shape index (κ1) is 14.2. The number of carbonyl (C=O) groups excluding carboxylic acids is 2. The Morgan fingerprint density at radius 1 is 1.35 bits per heavy atom. The molecule has 106 valence electrons. The Hall–Kier alpha value is -2.22. The molecule has 0 aromatic heterocycles. The summed E-state index contributed by atoms with van der Waals surface area (Å²) in [5.74, 6) is -1.37. The number of hydrogen-bond donors (Lipinski definition) is 3. The van der Waals surface area contributed by atoms with Crippen molar-refractivity contribution in [1.29, 1.82) is 0 Å². The number of carboxylic acid groups (broad SMARTS) is 1. The number of rotatable bonds is 4. The highest BCUT2D eigenvalue weighted by molar-refractivity contribution is 8.14. The molecule has 0 radical (unpaired) electrons. The third-order valence-corrected chi connectivity index (χ3v) is 3.57. The summed E-state index contributed by atoms with van der Waals surface area (Å²) in [6.45, 7) is -0.513. The number of carbonyl (C=O) groups is 3. The number of benzene rings is 1. The van der Waals surface area contributed by atoms with Crippen LogP contribution < -0.4 is 10.2 Å². The fourth-order valence-corrected chi connectivity index (χ4v) is 2.54. The van der Waals surface area contributed by atoms with Crippen LogP contribution in [0.5, 0.6) is 5.75 Å². The maximum absolute atomic E-state index is 12.3. The van der Waals surface area contributed by atoms with Gasteiger partial charge >= 0.3 is 5.97 Å². The fraction of sp³-hybridized carbons (Fsp3) is 0.250. The molecule has 2 amide bonds. The standard InChI is InChI=1S/C12H12N2O5S/c15-8-3-1-7(2-4-8)14(5-10(16)17)11(18)9-6-20-12(19)13-9/h1-4,9,15H,5-6H2,(H,13,19)(H,16,17). The van der Waals surface area contributed by atoms with Crippen molar-refractivity contribution >= 4 is 34.6 Å². The Balaban J connectivity index is 2.22. The first-order valence-corrected chi connectivity index (χ1v) is 6.71. The molecule has 1 fully saturated rings. The molecule has 0 spiro atoms. The molecule has 1 aliphatic rings. The van der Waals surface area contributed by atoms with Crippen LogP contribution >= 0.6 is 11.8 Å². The summed E-state index contributed by atoms with van der Waals surface area (Å²) in [4.78, 5) is 35.4. The van der Waals surface area contributed by atoms with Crippen molar-refractivity contribution in [3.05, 3.63) is 24.3 Å². The molecular formula is C12H12N2O5S. The van der Waals surface area contributed by atoms with Gasteiger partial charge in [-0.2, -0.15) is 0 Å². The van der Waals surface area contributed by atoms with E-state index < -0.39 is 24.5 Å². The number of phenols is 1. The van der Waals surface area contributed by atoms with Crippen LogP contribution in [-0.2, 0) is 9.59 Å². The highest BCUT2D eigenvalue weighted by Gasteiger charge is 2.32. The van der Waals surface area contributed by atoms with Crippen LogP contribution in [0.15, 0.2) is 24.3 Å². The molecule has 0 saturated carbocycles. The lowest BCUT2D eigenvalue weighted by Crippen LogP contribution is -2.47. The van der Waals surface area contributed by atoms with Gasteiger partial charge in [0, 0.05) is 11.4 Å². The molecule has 2 rings (SSSR count). The van der Waals surface area contributed by atoms with Crippen molar-refractivity contribution in [2.45, 2.75) is 6.04 Å². The number of amides is 2. The first-order chi connectivity index (χ1) is 9.47. The van der Waals surface area contributed by atoms with E-state index in [2.05, 4.69) is 5.32 Å². The Labute approximate surface area is 118 Å². The largest absolute Gasteiger partial charge is 0.508 e. The Bertz CT molecular complexity index is 545. The van der Waals surface area contributed by atoms with Gasteiger partial charge in [0.1, 0.15) is 18.3 Å². The fourth-order valence-electron chi connectivity index (χ4n) is 1.77. The van der Waals surface area contributed by atoms with Crippen molar-refractivity contribution in [3.63, 3.8) is 0 Å². The summed E-state index contributed by atoms with van der Waals surface area (Å²) in [6, 6.07) is 4.87. The van der Waals surface area contributed by atoms with Crippen molar-refractivity contribution in [3.8, 4) is 5.75 Å². The number of hydrogen-bond acceptors (Lipinski definition) is 5. The molecule has 0 aliphatic carbocycles. The van der Waals surface area contributed by atoms with Crippen molar-refractivity contribution in [2.75, 3.05) is 17.2 Å². The lowest BCUT2D eigenvalue weighted by atomic mass is 10.2. The van der Waals surface area contributed by atoms with E-state index in [0.717, 1.165) is 16.7 Å². The van der Waals surface area contributed by atoms with Gasteiger partial charge in [0.15, 0.2) is 0 Å². The number of aromatic hydroxyl groups is 1. The summed E-state index contributed by atoms with van der Waals surface area (Å²) in [5, 5.41) is 20.3. The molecule has 8 heteroatoms. The minimum atomic E-state index is -1.16. The number of carboxylic acids is 1. The second kappa shape index (κ2) is 5.83. The second-order valence-electron chi connectivity index (χ2n) is 4.13. The van der Waals surface area contributed by atoms with Crippen molar-refractivity contribution in [2.24, 2.45) is 0 Å². The molecule has 1 aromatic carbocycles. The van der Waals surface area contributed by atoms with Gasteiger partial charge in [-0.15, -0.1) is 0 Å². The van der Waals surface area contributed by atoms with Gasteiger partial charge in [-0.1, -0.05) is 11.8 Å². The number of phenolic OH excluding ortho intramolecular Hbond substituents is 1. The van der Waals surface area contributed by atoms with Crippen LogP contribution in [0.3, 0.4) is 0 Å². The molecule has 7 nitrogen and oxygen atoms in total. The van der Waals surface area contributed by atoms with Crippen LogP contribution in [0.2, 0.25) is 0 Å².